The zero-order chi connectivity index (χ0) is 8.06. The molecule has 1 aromatic heterocycles. The number of hydrogen-bond donors (Lipinski definition) is 1. The zero-order valence-corrected chi connectivity index (χ0v) is 5.53. The van der Waals surface area contributed by atoms with Gasteiger partial charge in [0.2, 0.25) is 5.78 Å². The van der Waals surface area contributed by atoms with Crippen molar-refractivity contribution in [1.82, 2.24) is 4.98 Å². The van der Waals surface area contributed by atoms with Gasteiger partial charge < -0.3 is 4.98 Å². The summed E-state index contributed by atoms with van der Waals surface area (Å²) in [5.74, 6) is -4.24. The molecule has 0 spiro atoms. The lowest BCUT2D eigenvalue weighted by Crippen LogP contribution is -2.23. The van der Waals surface area contributed by atoms with Crippen LogP contribution >= 0.6 is 0 Å². The van der Waals surface area contributed by atoms with Gasteiger partial charge in [0.15, 0.2) is 0 Å². The number of hydrogen-bond acceptors (Lipinski definition) is 1. The monoisotopic (exact) mass is 157 g/mol. The maximum Gasteiger partial charge on any atom is 0.315 e. The third-order valence-electron chi connectivity index (χ3n) is 1.81. The lowest BCUT2D eigenvalue weighted by molar-refractivity contribution is 0.0164. The van der Waals surface area contributed by atoms with Crippen LogP contribution in [0.25, 0.3) is 0 Å². The largest absolute Gasteiger partial charge is 0.364 e. The van der Waals surface area contributed by atoms with E-state index in [1.165, 1.54) is 12.3 Å². The van der Waals surface area contributed by atoms with Gasteiger partial charge in [-0.2, -0.15) is 8.78 Å². The second kappa shape index (κ2) is 1.69. The smallest absolute Gasteiger partial charge is 0.315 e. The van der Waals surface area contributed by atoms with Crippen molar-refractivity contribution in [1.29, 1.82) is 0 Å². The molecule has 0 bridgehead atoms. The van der Waals surface area contributed by atoms with E-state index in [2.05, 4.69) is 4.98 Å². The van der Waals surface area contributed by atoms with E-state index in [1.807, 2.05) is 0 Å². The van der Waals surface area contributed by atoms with Crippen LogP contribution in [0.4, 0.5) is 8.78 Å². The van der Waals surface area contributed by atoms with Crippen LogP contribution in [0.2, 0.25) is 0 Å². The Morgan fingerprint density at radius 2 is 2.27 bits per heavy atom. The van der Waals surface area contributed by atoms with Gasteiger partial charge in [-0.15, -0.1) is 0 Å². The van der Waals surface area contributed by atoms with Gasteiger partial charge in [0, 0.05) is 17.5 Å². The summed E-state index contributed by atoms with van der Waals surface area (Å²) in [5.41, 5.74) is 0.481. The molecule has 0 saturated carbocycles. The van der Waals surface area contributed by atoms with Gasteiger partial charge in [-0.25, -0.2) is 0 Å². The summed E-state index contributed by atoms with van der Waals surface area (Å²) < 4.78 is 25.2. The predicted molar refractivity (Wildman–Crippen MR) is 33.8 cm³/mol. The minimum absolute atomic E-state index is 0.134. The SMILES string of the molecule is O=C1c2cc[nH]c2CC1(F)F. The second-order valence-electron chi connectivity index (χ2n) is 2.58. The van der Waals surface area contributed by atoms with Crippen molar-refractivity contribution in [3.8, 4) is 0 Å². The molecule has 0 fully saturated rings. The van der Waals surface area contributed by atoms with E-state index in [4.69, 9.17) is 0 Å². The Kier molecular flexibility index (Phi) is 1.00. The fourth-order valence-electron chi connectivity index (χ4n) is 1.26. The van der Waals surface area contributed by atoms with Gasteiger partial charge in [-0.3, -0.25) is 4.79 Å². The maximum absolute atomic E-state index is 12.6. The molecular weight excluding hydrogens is 152 g/mol. The molecule has 0 unspecified atom stereocenters. The second-order valence-corrected chi connectivity index (χ2v) is 2.58. The van der Waals surface area contributed by atoms with E-state index in [0.717, 1.165) is 0 Å². The predicted octanol–water partition coefficient (Wildman–Crippen LogP) is 1.39. The standard InChI is InChI=1S/C7H5F2NO/c8-7(9)3-5-4(6(7)11)1-2-10-5/h1-2,10H,3H2. The molecule has 58 valence electrons. The molecule has 1 aliphatic carbocycles. The molecule has 1 heterocycles. The van der Waals surface area contributed by atoms with E-state index >= 15 is 0 Å². The number of nitrogens with one attached hydrogen (secondary N) is 1. The molecular formula is C7H5F2NO. The quantitative estimate of drug-likeness (QED) is 0.606. The Labute approximate surface area is 61.2 Å². The summed E-state index contributed by atoms with van der Waals surface area (Å²) in [6.07, 6.45) is 1.02. The molecule has 0 radical (unpaired) electrons. The number of aromatic amines is 1. The summed E-state index contributed by atoms with van der Waals surface area (Å²) in [6, 6.07) is 1.39. The Bertz CT molecular complexity index is 316. The van der Waals surface area contributed by atoms with Crippen LogP contribution in [0.3, 0.4) is 0 Å². The number of Topliss-reactive ketones (excluding diaryl/α,β-unsaturated/α-hetero) is 1. The molecule has 0 atom stereocenters. The fourth-order valence-corrected chi connectivity index (χ4v) is 1.26. The van der Waals surface area contributed by atoms with Gasteiger partial charge >= 0.3 is 5.92 Å². The van der Waals surface area contributed by atoms with Crippen LogP contribution in [-0.4, -0.2) is 16.7 Å². The Balaban J connectivity index is 2.54. The Morgan fingerprint density at radius 3 is 2.91 bits per heavy atom. The van der Waals surface area contributed by atoms with E-state index in [9.17, 15) is 13.6 Å². The van der Waals surface area contributed by atoms with Crippen molar-refractivity contribution in [2.45, 2.75) is 12.3 Å². The van der Waals surface area contributed by atoms with Gasteiger partial charge in [-0.1, -0.05) is 0 Å². The van der Waals surface area contributed by atoms with Gasteiger partial charge in [0.1, 0.15) is 0 Å². The first kappa shape index (κ1) is 6.52. The van der Waals surface area contributed by atoms with Gasteiger partial charge in [0.25, 0.3) is 0 Å². The molecule has 1 aromatic rings. The summed E-state index contributed by atoms with van der Waals surface area (Å²) in [4.78, 5) is 13.4. The fraction of sp³-hybridized carbons (Fsp3) is 0.286. The van der Waals surface area contributed by atoms with Crippen molar-refractivity contribution in [2.75, 3.05) is 0 Å². The highest BCUT2D eigenvalue weighted by Crippen LogP contribution is 2.33. The van der Waals surface area contributed by atoms with Crippen molar-refractivity contribution >= 4 is 5.78 Å². The van der Waals surface area contributed by atoms with E-state index in [1.54, 1.807) is 0 Å². The van der Waals surface area contributed by atoms with E-state index < -0.39 is 18.1 Å². The summed E-state index contributed by atoms with van der Waals surface area (Å²) in [7, 11) is 0. The van der Waals surface area contributed by atoms with Crippen LogP contribution < -0.4 is 0 Å². The molecule has 0 aliphatic heterocycles. The molecule has 0 aromatic carbocycles. The minimum Gasteiger partial charge on any atom is -0.364 e. The average Bonchev–Trinajstić information content (AvgIpc) is 2.39. The van der Waals surface area contributed by atoms with Crippen LogP contribution in [0.15, 0.2) is 12.3 Å². The number of carbonyl (C=O) groups excluding carboxylic acids is 1. The van der Waals surface area contributed by atoms with E-state index in [-0.39, 0.29) is 5.56 Å². The highest BCUT2D eigenvalue weighted by molar-refractivity contribution is 6.05. The van der Waals surface area contributed by atoms with Crippen molar-refractivity contribution in [2.24, 2.45) is 0 Å². The number of H-pyrrole nitrogens is 1. The number of carbonyl (C=O) groups is 1. The minimum atomic E-state index is -3.18. The lowest BCUT2D eigenvalue weighted by Gasteiger charge is -2.03. The Hall–Kier alpha value is -1.19. The van der Waals surface area contributed by atoms with Gasteiger partial charge in [0.05, 0.1) is 6.42 Å². The highest BCUT2D eigenvalue weighted by atomic mass is 19.3. The summed E-state index contributed by atoms with van der Waals surface area (Å²) in [5, 5.41) is 0. The van der Waals surface area contributed by atoms with Crippen molar-refractivity contribution in [3.05, 3.63) is 23.5 Å². The van der Waals surface area contributed by atoms with Crippen molar-refractivity contribution in [3.63, 3.8) is 0 Å². The van der Waals surface area contributed by atoms with Crippen LogP contribution in [0.1, 0.15) is 16.1 Å². The molecule has 11 heavy (non-hydrogen) atoms. The number of aromatic nitrogens is 1. The molecule has 0 saturated heterocycles. The normalized spacial score (nSPS) is 20.4. The van der Waals surface area contributed by atoms with Gasteiger partial charge in [-0.05, 0) is 6.07 Å². The van der Waals surface area contributed by atoms with Crippen LogP contribution in [0, 0.1) is 0 Å². The Morgan fingerprint density at radius 1 is 1.55 bits per heavy atom. The summed E-state index contributed by atoms with van der Waals surface area (Å²) in [6.45, 7) is 0. The number of alkyl halides is 2. The molecule has 4 heteroatoms. The number of rotatable bonds is 0. The molecule has 0 amide bonds. The van der Waals surface area contributed by atoms with Crippen LogP contribution in [-0.2, 0) is 6.42 Å². The van der Waals surface area contributed by atoms with E-state index in [0.29, 0.717) is 5.69 Å². The first-order valence-corrected chi connectivity index (χ1v) is 3.20. The lowest BCUT2D eigenvalue weighted by atomic mass is 10.2. The topological polar surface area (TPSA) is 32.9 Å². The third-order valence-corrected chi connectivity index (χ3v) is 1.81. The first-order chi connectivity index (χ1) is 5.11. The summed E-state index contributed by atoms with van der Waals surface area (Å²) >= 11 is 0. The maximum atomic E-state index is 12.6. The molecule has 1 N–H and O–H groups in total. The first-order valence-electron chi connectivity index (χ1n) is 3.20. The molecule has 2 nitrogen and oxygen atoms in total. The number of fused-ring (bicyclic) bond motifs is 1. The number of ketones is 1. The molecule has 2 rings (SSSR count). The van der Waals surface area contributed by atoms with Crippen molar-refractivity contribution < 1.29 is 13.6 Å². The highest BCUT2D eigenvalue weighted by Gasteiger charge is 2.47. The van der Waals surface area contributed by atoms with Crippen LogP contribution in [0.5, 0.6) is 0 Å². The average molecular weight is 157 g/mol. The zero-order valence-electron chi connectivity index (χ0n) is 5.53. The number of halogens is 2. The third kappa shape index (κ3) is 0.721. The molecule has 1 aliphatic rings.